The van der Waals surface area contributed by atoms with Gasteiger partial charge in [-0.3, -0.25) is 14.5 Å². The quantitative estimate of drug-likeness (QED) is 0.0992. The second-order valence-corrected chi connectivity index (χ2v) is 10.9. The van der Waals surface area contributed by atoms with Gasteiger partial charge in [0.1, 0.15) is 23.4 Å². The molecule has 1 aromatic heterocycles. The first-order valence-electron chi connectivity index (χ1n) is 11.6. The van der Waals surface area contributed by atoms with E-state index in [4.69, 9.17) is 0 Å². The molecule has 0 radical (unpaired) electrons. The fourth-order valence-corrected chi connectivity index (χ4v) is 6.12. The lowest BCUT2D eigenvalue weighted by Gasteiger charge is -2.23. The number of halogens is 2. The van der Waals surface area contributed by atoms with Crippen molar-refractivity contribution >= 4 is 45.7 Å². The van der Waals surface area contributed by atoms with E-state index >= 15 is 4.39 Å². The molecule has 1 fully saturated rings. The standard InChI is InChI=1S/C28H21F2N3O3S2/c1-15-11-12-16(2)19(13-15)24(34)22-23(18-8-4-6-10-21(18)30)33(26(36)25(22)35)27-31-32-28(38-27)37-14-17-7-3-5-9-20(17)29/h3-13,23,34H,14H2,1-2H3. The van der Waals surface area contributed by atoms with Gasteiger partial charge in [-0.2, -0.15) is 0 Å². The minimum atomic E-state index is -1.26. The van der Waals surface area contributed by atoms with E-state index in [1.165, 1.54) is 36.0 Å². The molecule has 5 rings (SSSR count). The summed E-state index contributed by atoms with van der Waals surface area (Å²) in [6, 6.07) is 16.2. The third-order valence-corrected chi connectivity index (χ3v) is 8.31. The number of ketones is 1. The number of aliphatic hydroxyl groups is 1. The summed E-state index contributed by atoms with van der Waals surface area (Å²) in [5, 5.41) is 19.6. The Morgan fingerprint density at radius 2 is 1.71 bits per heavy atom. The molecule has 0 spiro atoms. The van der Waals surface area contributed by atoms with E-state index in [9.17, 15) is 19.1 Å². The Hall–Kier alpha value is -3.89. The van der Waals surface area contributed by atoms with E-state index in [1.54, 1.807) is 43.3 Å². The SMILES string of the molecule is Cc1ccc(C)c(C(O)=C2C(=O)C(=O)N(c3nnc(SCc4ccccc4F)s3)C2c2ccccc2F)c1. The summed E-state index contributed by atoms with van der Waals surface area (Å²) in [4.78, 5) is 27.7. The smallest absolute Gasteiger partial charge is 0.301 e. The first-order valence-corrected chi connectivity index (χ1v) is 13.4. The highest BCUT2D eigenvalue weighted by atomic mass is 32.2. The number of anilines is 1. The van der Waals surface area contributed by atoms with Crippen molar-refractivity contribution in [3.05, 3.63) is 112 Å². The summed E-state index contributed by atoms with van der Waals surface area (Å²) in [7, 11) is 0. The molecule has 10 heteroatoms. The highest BCUT2D eigenvalue weighted by Crippen LogP contribution is 2.45. The van der Waals surface area contributed by atoms with Gasteiger partial charge in [0.2, 0.25) is 5.13 Å². The summed E-state index contributed by atoms with van der Waals surface area (Å²) >= 11 is 2.25. The van der Waals surface area contributed by atoms with Crippen LogP contribution in [0.4, 0.5) is 13.9 Å². The molecule has 6 nitrogen and oxygen atoms in total. The largest absolute Gasteiger partial charge is 0.507 e. The number of benzene rings is 3. The number of aliphatic hydroxyl groups excluding tert-OH is 1. The number of carbonyl (C=O) groups excluding carboxylic acids is 2. The second kappa shape index (κ2) is 10.5. The molecule has 1 saturated heterocycles. The van der Waals surface area contributed by atoms with Crippen LogP contribution in [0.5, 0.6) is 0 Å². The van der Waals surface area contributed by atoms with Crippen LogP contribution in [0.25, 0.3) is 5.76 Å². The Balaban J connectivity index is 1.58. The summed E-state index contributed by atoms with van der Waals surface area (Å²) in [6.07, 6.45) is 0. The van der Waals surface area contributed by atoms with E-state index in [2.05, 4.69) is 10.2 Å². The Morgan fingerprint density at radius 3 is 2.45 bits per heavy atom. The molecule has 1 N–H and O–H groups in total. The third-order valence-electron chi connectivity index (χ3n) is 6.20. The summed E-state index contributed by atoms with van der Waals surface area (Å²) in [6.45, 7) is 3.61. The van der Waals surface area contributed by atoms with Gasteiger partial charge in [0, 0.05) is 16.9 Å². The van der Waals surface area contributed by atoms with Crippen LogP contribution in [0.2, 0.25) is 0 Å². The lowest BCUT2D eigenvalue weighted by Crippen LogP contribution is -2.29. The number of hydrogen-bond donors (Lipinski definition) is 1. The van der Waals surface area contributed by atoms with Crippen LogP contribution in [0.3, 0.4) is 0 Å². The molecule has 4 aromatic rings. The average molecular weight is 550 g/mol. The van der Waals surface area contributed by atoms with E-state index in [0.29, 0.717) is 21.0 Å². The van der Waals surface area contributed by atoms with Crippen molar-refractivity contribution < 1.29 is 23.5 Å². The monoisotopic (exact) mass is 549 g/mol. The Kier molecular flexibility index (Phi) is 7.09. The van der Waals surface area contributed by atoms with Crippen LogP contribution in [0.15, 0.2) is 76.6 Å². The molecule has 1 amide bonds. The fourth-order valence-electron chi connectivity index (χ4n) is 4.27. The molecule has 3 aromatic carbocycles. The number of amides is 1. The van der Waals surface area contributed by atoms with Crippen LogP contribution >= 0.6 is 23.1 Å². The maximum Gasteiger partial charge on any atom is 0.301 e. The normalized spacial score (nSPS) is 16.8. The maximum absolute atomic E-state index is 15.1. The number of aromatic nitrogens is 2. The predicted molar refractivity (Wildman–Crippen MR) is 143 cm³/mol. The zero-order chi connectivity index (χ0) is 27.0. The molecule has 1 atom stereocenters. The van der Waals surface area contributed by atoms with Crippen LogP contribution in [-0.2, 0) is 15.3 Å². The highest BCUT2D eigenvalue weighted by molar-refractivity contribution is 8.00. The third kappa shape index (κ3) is 4.72. The topological polar surface area (TPSA) is 83.4 Å². The van der Waals surface area contributed by atoms with Crippen LogP contribution in [0.1, 0.15) is 33.9 Å². The maximum atomic E-state index is 15.1. The lowest BCUT2D eigenvalue weighted by molar-refractivity contribution is -0.132. The van der Waals surface area contributed by atoms with Gasteiger partial charge < -0.3 is 5.11 Å². The second-order valence-electron chi connectivity index (χ2n) is 8.74. The van der Waals surface area contributed by atoms with Crippen LogP contribution < -0.4 is 4.90 Å². The van der Waals surface area contributed by atoms with Crippen molar-refractivity contribution in [3.8, 4) is 0 Å². The van der Waals surface area contributed by atoms with Gasteiger partial charge >= 0.3 is 5.91 Å². The molecule has 38 heavy (non-hydrogen) atoms. The van der Waals surface area contributed by atoms with Crippen molar-refractivity contribution in [1.82, 2.24) is 10.2 Å². The number of hydrogen-bond acceptors (Lipinski definition) is 7. The van der Waals surface area contributed by atoms with Crippen LogP contribution in [-0.4, -0.2) is 27.0 Å². The zero-order valence-electron chi connectivity index (χ0n) is 20.3. The number of thioether (sulfide) groups is 1. The first kappa shape index (κ1) is 25.7. The molecule has 1 unspecified atom stereocenters. The summed E-state index contributed by atoms with van der Waals surface area (Å²) in [5.74, 6) is -3.00. The summed E-state index contributed by atoms with van der Waals surface area (Å²) in [5.41, 5.74) is 2.19. The van der Waals surface area contributed by atoms with Crippen molar-refractivity contribution in [2.45, 2.75) is 30.0 Å². The van der Waals surface area contributed by atoms with Gasteiger partial charge in [-0.25, -0.2) is 8.78 Å². The zero-order valence-corrected chi connectivity index (χ0v) is 21.9. The fraction of sp³-hybridized carbons (Fsp3) is 0.143. The molecule has 2 heterocycles. The van der Waals surface area contributed by atoms with E-state index in [-0.39, 0.29) is 33.6 Å². The van der Waals surface area contributed by atoms with Gasteiger partial charge in [0.05, 0.1) is 5.57 Å². The number of rotatable bonds is 6. The molecular weight excluding hydrogens is 528 g/mol. The van der Waals surface area contributed by atoms with Gasteiger partial charge in [0.15, 0.2) is 4.34 Å². The Bertz CT molecular complexity index is 1600. The van der Waals surface area contributed by atoms with Gasteiger partial charge in [-0.15, -0.1) is 10.2 Å². The van der Waals surface area contributed by atoms with Crippen molar-refractivity contribution in [3.63, 3.8) is 0 Å². The number of aryl methyl sites for hydroxylation is 2. The van der Waals surface area contributed by atoms with E-state index in [1.807, 2.05) is 13.0 Å². The summed E-state index contributed by atoms with van der Waals surface area (Å²) < 4.78 is 29.6. The molecule has 0 aliphatic carbocycles. The highest BCUT2D eigenvalue weighted by Gasteiger charge is 2.49. The van der Waals surface area contributed by atoms with E-state index in [0.717, 1.165) is 21.8 Å². The van der Waals surface area contributed by atoms with E-state index < -0.39 is 23.5 Å². The van der Waals surface area contributed by atoms with Gasteiger partial charge in [-0.05, 0) is 43.2 Å². The molecule has 192 valence electrons. The van der Waals surface area contributed by atoms with Crippen molar-refractivity contribution in [1.29, 1.82) is 0 Å². The average Bonchev–Trinajstić information content (AvgIpc) is 3.47. The van der Waals surface area contributed by atoms with Gasteiger partial charge in [-0.1, -0.05) is 77.2 Å². The minimum absolute atomic E-state index is 0.0364. The minimum Gasteiger partial charge on any atom is -0.507 e. The number of nitrogens with zero attached hydrogens (tertiary/aromatic N) is 3. The number of Topliss-reactive ketones (excluding diaryl/α,β-unsaturated/α-hetero) is 1. The van der Waals surface area contributed by atoms with Gasteiger partial charge in [0.25, 0.3) is 5.78 Å². The molecule has 0 saturated carbocycles. The number of carbonyl (C=O) groups is 2. The van der Waals surface area contributed by atoms with Crippen molar-refractivity contribution in [2.24, 2.45) is 0 Å². The molecule has 0 bridgehead atoms. The Labute approximate surface area is 225 Å². The lowest BCUT2D eigenvalue weighted by atomic mass is 9.93. The van der Waals surface area contributed by atoms with Crippen molar-refractivity contribution in [2.75, 3.05) is 4.90 Å². The molecule has 1 aliphatic heterocycles. The molecule has 1 aliphatic rings. The Morgan fingerprint density at radius 1 is 1.00 bits per heavy atom. The van der Waals surface area contributed by atoms with Crippen LogP contribution in [0, 0.1) is 25.5 Å². The predicted octanol–water partition coefficient (Wildman–Crippen LogP) is 6.35. The first-order chi connectivity index (χ1) is 18.3. The molecular formula is C28H21F2N3O3S2.